The minimum Gasteiger partial charge on any atom is -0.489 e. The van der Waals surface area contributed by atoms with Gasteiger partial charge < -0.3 is 10.5 Å². The van der Waals surface area contributed by atoms with Crippen LogP contribution in [0.15, 0.2) is 34.8 Å². The number of halogens is 2. The third-order valence-electron chi connectivity index (χ3n) is 3.15. The molecule has 0 bridgehead atoms. The van der Waals surface area contributed by atoms with E-state index in [1.165, 1.54) is 6.07 Å². The Labute approximate surface area is 126 Å². The molecule has 2 aromatic rings. The van der Waals surface area contributed by atoms with Crippen LogP contribution in [0.1, 0.15) is 22.3 Å². The van der Waals surface area contributed by atoms with E-state index in [-0.39, 0.29) is 12.4 Å². The van der Waals surface area contributed by atoms with Gasteiger partial charge in [-0.1, -0.05) is 22.0 Å². The second-order valence-corrected chi connectivity index (χ2v) is 5.58. The maximum Gasteiger partial charge on any atom is 0.129 e. The zero-order valence-electron chi connectivity index (χ0n) is 11.5. The summed E-state index contributed by atoms with van der Waals surface area (Å²) in [4.78, 5) is 0. The Hall–Kier alpha value is -1.39. The fourth-order valence-corrected chi connectivity index (χ4v) is 2.25. The van der Waals surface area contributed by atoms with E-state index in [0.717, 1.165) is 26.9 Å². The maximum atomic E-state index is 13.7. The molecule has 0 fully saturated rings. The molecule has 4 heteroatoms. The van der Waals surface area contributed by atoms with E-state index < -0.39 is 0 Å². The molecular formula is C16H17BrFNO. The van der Waals surface area contributed by atoms with Crippen LogP contribution >= 0.6 is 15.9 Å². The molecule has 0 heterocycles. The van der Waals surface area contributed by atoms with Crippen molar-refractivity contribution in [1.29, 1.82) is 0 Å². The van der Waals surface area contributed by atoms with Gasteiger partial charge in [-0.15, -0.1) is 0 Å². The highest BCUT2D eigenvalue weighted by Gasteiger charge is 2.07. The van der Waals surface area contributed by atoms with Gasteiger partial charge in [0.15, 0.2) is 0 Å². The summed E-state index contributed by atoms with van der Waals surface area (Å²) in [7, 11) is 0. The molecular weight excluding hydrogens is 321 g/mol. The Balaban J connectivity index is 2.16. The Morgan fingerprint density at radius 1 is 1.15 bits per heavy atom. The Morgan fingerprint density at radius 3 is 2.40 bits per heavy atom. The summed E-state index contributed by atoms with van der Waals surface area (Å²) in [6, 6.07) is 8.73. The van der Waals surface area contributed by atoms with E-state index in [9.17, 15) is 4.39 Å². The van der Waals surface area contributed by atoms with Crippen LogP contribution in [0, 0.1) is 19.7 Å². The van der Waals surface area contributed by atoms with Crippen molar-refractivity contribution >= 4 is 15.9 Å². The topological polar surface area (TPSA) is 35.2 Å². The lowest BCUT2D eigenvalue weighted by molar-refractivity contribution is 0.299. The number of aryl methyl sites for hydroxylation is 2. The summed E-state index contributed by atoms with van der Waals surface area (Å²) in [5.74, 6) is 0.466. The molecule has 106 valence electrons. The van der Waals surface area contributed by atoms with Crippen LogP contribution in [0.3, 0.4) is 0 Å². The fourth-order valence-electron chi connectivity index (χ4n) is 2.02. The van der Waals surface area contributed by atoms with E-state index >= 15 is 0 Å². The van der Waals surface area contributed by atoms with Gasteiger partial charge >= 0.3 is 0 Å². The van der Waals surface area contributed by atoms with Gasteiger partial charge in [0.05, 0.1) is 0 Å². The summed E-state index contributed by atoms with van der Waals surface area (Å²) < 4.78 is 20.5. The summed E-state index contributed by atoms with van der Waals surface area (Å²) in [6.07, 6.45) is 0. The largest absolute Gasteiger partial charge is 0.489 e. The maximum absolute atomic E-state index is 13.7. The highest BCUT2D eigenvalue weighted by atomic mass is 79.9. The molecule has 0 amide bonds. The van der Waals surface area contributed by atoms with Gasteiger partial charge in [-0.2, -0.15) is 0 Å². The van der Waals surface area contributed by atoms with E-state index in [4.69, 9.17) is 10.5 Å². The van der Waals surface area contributed by atoms with Gasteiger partial charge in [0.2, 0.25) is 0 Å². The first-order valence-corrected chi connectivity index (χ1v) is 7.17. The van der Waals surface area contributed by atoms with Crippen molar-refractivity contribution in [1.82, 2.24) is 0 Å². The zero-order valence-corrected chi connectivity index (χ0v) is 13.1. The smallest absolute Gasteiger partial charge is 0.129 e. The molecule has 0 spiro atoms. The van der Waals surface area contributed by atoms with Crippen LogP contribution < -0.4 is 10.5 Å². The zero-order chi connectivity index (χ0) is 14.7. The molecule has 20 heavy (non-hydrogen) atoms. The average Bonchev–Trinajstić information content (AvgIpc) is 2.43. The van der Waals surface area contributed by atoms with Gasteiger partial charge in [-0.05, 0) is 54.8 Å². The molecule has 2 nitrogen and oxygen atoms in total. The predicted molar refractivity (Wildman–Crippen MR) is 82.2 cm³/mol. The number of rotatable bonds is 4. The molecule has 0 unspecified atom stereocenters. The SMILES string of the molecule is Cc1cc(OCc2cc(CN)ccc2F)cc(C)c1Br. The van der Waals surface area contributed by atoms with Crippen molar-refractivity contribution in [3.05, 3.63) is 62.9 Å². The molecule has 0 aliphatic carbocycles. The summed E-state index contributed by atoms with van der Waals surface area (Å²) >= 11 is 3.51. The van der Waals surface area contributed by atoms with Crippen LogP contribution in [-0.4, -0.2) is 0 Å². The molecule has 2 aromatic carbocycles. The van der Waals surface area contributed by atoms with E-state index in [1.807, 2.05) is 26.0 Å². The average molecular weight is 338 g/mol. The summed E-state index contributed by atoms with van der Waals surface area (Å²) in [5.41, 5.74) is 9.17. The van der Waals surface area contributed by atoms with Crippen molar-refractivity contribution in [2.75, 3.05) is 0 Å². The lowest BCUT2D eigenvalue weighted by Crippen LogP contribution is -2.03. The molecule has 2 N–H and O–H groups in total. The van der Waals surface area contributed by atoms with Crippen LogP contribution in [0.5, 0.6) is 5.75 Å². The van der Waals surface area contributed by atoms with Crippen molar-refractivity contribution < 1.29 is 9.13 Å². The Bertz CT molecular complexity index is 605. The van der Waals surface area contributed by atoms with Crippen LogP contribution in [-0.2, 0) is 13.2 Å². The van der Waals surface area contributed by atoms with Gasteiger partial charge in [0.25, 0.3) is 0 Å². The highest BCUT2D eigenvalue weighted by Crippen LogP contribution is 2.27. The molecule has 0 radical (unpaired) electrons. The molecule has 0 aromatic heterocycles. The van der Waals surface area contributed by atoms with E-state index in [2.05, 4.69) is 15.9 Å². The third kappa shape index (κ3) is 3.38. The Kier molecular flexibility index (Phi) is 4.78. The fraction of sp³-hybridized carbons (Fsp3) is 0.250. The molecule has 0 saturated heterocycles. The van der Waals surface area contributed by atoms with E-state index in [1.54, 1.807) is 12.1 Å². The van der Waals surface area contributed by atoms with Gasteiger partial charge in [-0.3, -0.25) is 0 Å². The number of hydrogen-bond donors (Lipinski definition) is 1. The molecule has 0 atom stereocenters. The Morgan fingerprint density at radius 2 is 1.80 bits per heavy atom. The monoisotopic (exact) mass is 337 g/mol. The normalized spacial score (nSPS) is 10.7. The van der Waals surface area contributed by atoms with Gasteiger partial charge in [-0.25, -0.2) is 4.39 Å². The van der Waals surface area contributed by atoms with Crippen molar-refractivity contribution in [3.8, 4) is 5.75 Å². The molecule has 0 aliphatic heterocycles. The van der Waals surface area contributed by atoms with Crippen LogP contribution in [0.2, 0.25) is 0 Å². The first-order valence-electron chi connectivity index (χ1n) is 6.38. The second-order valence-electron chi connectivity index (χ2n) is 4.79. The highest BCUT2D eigenvalue weighted by molar-refractivity contribution is 9.10. The first kappa shape index (κ1) is 15.0. The minimum absolute atomic E-state index is 0.195. The molecule has 0 aliphatic rings. The standard InChI is InChI=1S/C16H17BrFNO/c1-10-5-14(6-11(2)16(10)17)20-9-13-7-12(8-19)3-4-15(13)18/h3-7H,8-9,19H2,1-2H3. The van der Waals surface area contributed by atoms with Crippen molar-refractivity contribution in [2.45, 2.75) is 27.0 Å². The van der Waals surface area contributed by atoms with Crippen LogP contribution in [0.4, 0.5) is 4.39 Å². The lowest BCUT2D eigenvalue weighted by Gasteiger charge is -2.11. The van der Waals surface area contributed by atoms with Gasteiger partial charge in [0, 0.05) is 16.6 Å². The van der Waals surface area contributed by atoms with Crippen molar-refractivity contribution in [3.63, 3.8) is 0 Å². The van der Waals surface area contributed by atoms with Crippen molar-refractivity contribution in [2.24, 2.45) is 5.73 Å². The van der Waals surface area contributed by atoms with Gasteiger partial charge in [0.1, 0.15) is 18.2 Å². The predicted octanol–water partition coefficient (Wildman–Crippen LogP) is 4.24. The second kappa shape index (κ2) is 6.37. The summed E-state index contributed by atoms with van der Waals surface area (Å²) in [6.45, 7) is 4.59. The van der Waals surface area contributed by atoms with Crippen LogP contribution in [0.25, 0.3) is 0 Å². The summed E-state index contributed by atoms with van der Waals surface area (Å²) in [5, 5.41) is 0. The quantitative estimate of drug-likeness (QED) is 0.905. The minimum atomic E-state index is -0.271. The lowest BCUT2D eigenvalue weighted by atomic mass is 10.1. The first-order chi connectivity index (χ1) is 9.51. The number of hydrogen-bond acceptors (Lipinski definition) is 2. The van der Waals surface area contributed by atoms with E-state index in [0.29, 0.717) is 12.1 Å². The molecule has 0 saturated carbocycles. The number of benzene rings is 2. The molecule has 2 rings (SSSR count). The number of nitrogens with two attached hydrogens (primary N) is 1. The third-order valence-corrected chi connectivity index (χ3v) is 4.40. The number of ether oxygens (including phenoxy) is 1.